The van der Waals surface area contributed by atoms with Gasteiger partial charge in [0.1, 0.15) is 15.5 Å². The first kappa shape index (κ1) is 15.4. The number of carbonyl (C=O) groups is 1. The van der Waals surface area contributed by atoms with Crippen LogP contribution in [-0.4, -0.2) is 22.5 Å². The summed E-state index contributed by atoms with van der Waals surface area (Å²) in [7, 11) is 0. The number of rotatable bonds is 4. The van der Waals surface area contributed by atoms with E-state index in [1.165, 1.54) is 11.3 Å². The molecule has 0 aliphatic rings. The molecule has 0 bridgehead atoms. The molecule has 118 valence electrons. The van der Waals surface area contributed by atoms with Crippen LogP contribution in [0.15, 0.2) is 35.1 Å². The third kappa shape index (κ3) is 3.03. The van der Waals surface area contributed by atoms with Gasteiger partial charge in [-0.2, -0.15) is 4.98 Å². The average Bonchev–Trinajstić information content (AvgIpc) is 2.86. The lowest BCUT2D eigenvalue weighted by molar-refractivity contribution is 0.0531. The van der Waals surface area contributed by atoms with Crippen LogP contribution in [-0.2, 0) is 11.2 Å². The number of carbonyl (C=O) groups excluding carboxylic acids is 1. The Bertz CT molecular complexity index is 913. The number of aromatic amines is 1. The van der Waals surface area contributed by atoms with Crippen molar-refractivity contribution in [3.05, 3.63) is 62.5 Å². The molecular weight excluding hydrogens is 312 g/mol. The molecule has 0 spiro atoms. The van der Waals surface area contributed by atoms with Gasteiger partial charge in [-0.1, -0.05) is 30.3 Å². The Morgan fingerprint density at radius 1 is 1.30 bits per heavy atom. The Morgan fingerprint density at radius 3 is 2.74 bits per heavy atom. The first-order valence-electron chi connectivity index (χ1n) is 7.33. The monoisotopic (exact) mass is 328 g/mol. The molecule has 1 aromatic carbocycles. The molecule has 1 N–H and O–H groups in total. The smallest absolute Gasteiger partial charge is 0.348 e. The molecule has 3 rings (SSSR count). The summed E-state index contributed by atoms with van der Waals surface area (Å²) < 4.78 is 5.04. The fourth-order valence-electron chi connectivity index (χ4n) is 2.46. The molecule has 0 saturated heterocycles. The number of thiophene rings is 1. The molecule has 0 radical (unpaired) electrons. The van der Waals surface area contributed by atoms with Crippen LogP contribution in [0.5, 0.6) is 0 Å². The van der Waals surface area contributed by atoms with E-state index in [-0.39, 0.29) is 5.56 Å². The Morgan fingerprint density at radius 2 is 2.04 bits per heavy atom. The summed E-state index contributed by atoms with van der Waals surface area (Å²) >= 11 is 1.24. The molecule has 6 heteroatoms. The maximum Gasteiger partial charge on any atom is 0.348 e. The van der Waals surface area contributed by atoms with Crippen molar-refractivity contribution in [1.29, 1.82) is 0 Å². The van der Waals surface area contributed by atoms with Gasteiger partial charge in [0.15, 0.2) is 0 Å². The van der Waals surface area contributed by atoms with Crippen LogP contribution >= 0.6 is 11.3 Å². The van der Waals surface area contributed by atoms with E-state index in [4.69, 9.17) is 4.74 Å². The third-order valence-electron chi connectivity index (χ3n) is 3.53. The minimum absolute atomic E-state index is 0.304. The van der Waals surface area contributed by atoms with Crippen LogP contribution in [0.2, 0.25) is 0 Å². The summed E-state index contributed by atoms with van der Waals surface area (Å²) in [6, 6.07) is 9.79. The Hall–Kier alpha value is -2.47. The highest BCUT2D eigenvalue weighted by atomic mass is 32.1. The number of ether oxygens (including phenoxy) is 1. The van der Waals surface area contributed by atoms with Crippen LogP contribution < -0.4 is 5.56 Å². The largest absolute Gasteiger partial charge is 0.462 e. The fourth-order valence-corrected chi connectivity index (χ4v) is 3.57. The predicted molar refractivity (Wildman–Crippen MR) is 90.2 cm³/mol. The second kappa shape index (κ2) is 6.34. The zero-order valence-electron chi connectivity index (χ0n) is 12.9. The van der Waals surface area contributed by atoms with Crippen LogP contribution in [0.25, 0.3) is 10.2 Å². The van der Waals surface area contributed by atoms with Gasteiger partial charge < -0.3 is 9.72 Å². The molecular formula is C17H16N2O3S. The van der Waals surface area contributed by atoms with Gasteiger partial charge in [0.2, 0.25) is 0 Å². The molecule has 5 nitrogen and oxygen atoms in total. The first-order valence-corrected chi connectivity index (χ1v) is 8.15. The summed E-state index contributed by atoms with van der Waals surface area (Å²) in [5.74, 6) is 0.189. The average molecular weight is 328 g/mol. The van der Waals surface area contributed by atoms with Crippen LogP contribution in [0.4, 0.5) is 0 Å². The SMILES string of the molecule is CCOC(=O)c1sc2[nH]c(Cc3ccccc3)nc(=O)c2c1C. The zero-order chi connectivity index (χ0) is 16.4. The number of H-pyrrole nitrogens is 1. The summed E-state index contributed by atoms with van der Waals surface area (Å²) in [5.41, 5.74) is 1.38. The van der Waals surface area contributed by atoms with Gasteiger partial charge in [0.25, 0.3) is 5.56 Å². The van der Waals surface area contributed by atoms with Crippen molar-refractivity contribution in [1.82, 2.24) is 9.97 Å². The Kier molecular flexibility index (Phi) is 4.25. The second-order valence-electron chi connectivity index (χ2n) is 5.13. The van der Waals surface area contributed by atoms with E-state index in [0.29, 0.717) is 39.5 Å². The molecule has 0 aliphatic carbocycles. The molecule has 0 unspecified atom stereocenters. The van der Waals surface area contributed by atoms with E-state index in [1.807, 2.05) is 30.3 Å². The normalized spacial score (nSPS) is 10.9. The summed E-state index contributed by atoms with van der Waals surface area (Å²) in [6.45, 7) is 3.81. The van der Waals surface area contributed by atoms with Gasteiger partial charge in [-0.15, -0.1) is 11.3 Å². The van der Waals surface area contributed by atoms with Crippen molar-refractivity contribution in [3.8, 4) is 0 Å². The molecule has 0 atom stereocenters. The van der Waals surface area contributed by atoms with Gasteiger partial charge in [0.05, 0.1) is 12.0 Å². The highest BCUT2D eigenvalue weighted by molar-refractivity contribution is 7.20. The van der Waals surface area contributed by atoms with E-state index < -0.39 is 5.97 Å². The predicted octanol–water partition coefficient (Wildman–Crippen LogP) is 3.06. The third-order valence-corrected chi connectivity index (χ3v) is 4.72. The summed E-state index contributed by atoms with van der Waals surface area (Å²) in [4.78, 5) is 32.7. The summed E-state index contributed by atoms with van der Waals surface area (Å²) in [6.07, 6.45) is 0.539. The molecule has 2 aromatic heterocycles. The number of hydrogen-bond donors (Lipinski definition) is 1. The second-order valence-corrected chi connectivity index (χ2v) is 6.15. The van der Waals surface area contributed by atoms with Crippen molar-refractivity contribution >= 4 is 27.5 Å². The molecule has 0 amide bonds. The van der Waals surface area contributed by atoms with Gasteiger partial charge in [-0.25, -0.2) is 4.79 Å². The van der Waals surface area contributed by atoms with Crippen molar-refractivity contribution in [2.45, 2.75) is 20.3 Å². The molecule has 23 heavy (non-hydrogen) atoms. The number of aromatic nitrogens is 2. The number of fused-ring (bicyclic) bond motifs is 1. The molecule has 0 aliphatic heterocycles. The van der Waals surface area contributed by atoms with Crippen LogP contribution in [0.1, 0.15) is 33.5 Å². The van der Waals surface area contributed by atoms with Crippen molar-refractivity contribution in [3.63, 3.8) is 0 Å². The summed E-state index contributed by atoms with van der Waals surface area (Å²) in [5, 5.41) is 0.467. The molecule has 2 heterocycles. The number of esters is 1. The fraction of sp³-hybridized carbons (Fsp3) is 0.235. The van der Waals surface area contributed by atoms with E-state index in [1.54, 1.807) is 13.8 Å². The molecule has 0 fully saturated rings. The van der Waals surface area contributed by atoms with Crippen LogP contribution in [0, 0.1) is 6.92 Å². The standard InChI is InChI=1S/C17H16N2O3S/c1-3-22-17(21)14-10(2)13-15(20)18-12(19-16(13)23-14)9-11-7-5-4-6-8-11/h4-8H,3,9H2,1-2H3,(H,18,19,20). The maximum atomic E-state index is 12.3. The van der Waals surface area contributed by atoms with E-state index in [9.17, 15) is 9.59 Å². The van der Waals surface area contributed by atoms with Crippen molar-refractivity contribution in [2.75, 3.05) is 6.61 Å². The first-order chi connectivity index (χ1) is 11.1. The number of aryl methyl sites for hydroxylation is 1. The number of hydrogen-bond acceptors (Lipinski definition) is 5. The number of benzene rings is 1. The lowest BCUT2D eigenvalue weighted by Crippen LogP contribution is -2.12. The Labute approximate surface area is 137 Å². The van der Waals surface area contributed by atoms with Gasteiger partial charge in [0, 0.05) is 6.42 Å². The van der Waals surface area contributed by atoms with Crippen LogP contribution in [0.3, 0.4) is 0 Å². The topological polar surface area (TPSA) is 72.1 Å². The Balaban J connectivity index is 2.05. The van der Waals surface area contributed by atoms with E-state index in [0.717, 1.165) is 5.56 Å². The minimum Gasteiger partial charge on any atom is -0.462 e. The lowest BCUT2D eigenvalue weighted by atomic mass is 10.1. The van der Waals surface area contributed by atoms with E-state index in [2.05, 4.69) is 9.97 Å². The van der Waals surface area contributed by atoms with Crippen molar-refractivity contribution < 1.29 is 9.53 Å². The van der Waals surface area contributed by atoms with Gasteiger partial charge in [-0.05, 0) is 25.0 Å². The lowest BCUT2D eigenvalue weighted by Gasteiger charge is -2.01. The highest BCUT2D eigenvalue weighted by Gasteiger charge is 2.19. The number of nitrogens with zero attached hydrogens (tertiary/aromatic N) is 1. The quantitative estimate of drug-likeness (QED) is 0.747. The van der Waals surface area contributed by atoms with E-state index >= 15 is 0 Å². The minimum atomic E-state index is -0.399. The molecule has 0 saturated carbocycles. The zero-order valence-corrected chi connectivity index (χ0v) is 13.7. The van der Waals surface area contributed by atoms with Gasteiger partial charge >= 0.3 is 5.97 Å². The van der Waals surface area contributed by atoms with Gasteiger partial charge in [-0.3, -0.25) is 4.79 Å². The van der Waals surface area contributed by atoms with Crippen molar-refractivity contribution in [2.24, 2.45) is 0 Å². The number of nitrogens with one attached hydrogen (secondary N) is 1. The maximum absolute atomic E-state index is 12.3. The molecule has 3 aromatic rings. The highest BCUT2D eigenvalue weighted by Crippen LogP contribution is 2.27.